The third-order valence-corrected chi connectivity index (χ3v) is 3.94. The molecule has 0 atom stereocenters. The van der Waals surface area contributed by atoms with Gasteiger partial charge in [0.25, 0.3) is 0 Å². The molecule has 0 bridgehead atoms. The van der Waals surface area contributed by atoms with E-state index in [0.29, 0.717) is 33.7 Å². The molecule has 2 heterocycles. The first-order chi connectivity index (χ1) is 11.0. The number of aryl methyl sites for hydroxylation is 1. The van der Waals surface area contributed by atoms with Gasteiger partial charge in [-0.05, 0) is 30.2 Å². The lowest BCUT2D eigenvalue weighted by atomic mass is 10.0. The number of nitrogens with two attached hydrogens (primary N) is 1. The van der Waals surface area contributed by atoms with Crippen LogP contribution in [0.4, 0.5) is 10.1 Å². The Labute approximate surface area is 139 Å². The number of amidine groups is 1. The largest absolute Gasteiger partial charge is 0.383 e. The van der Waals surface area contributed by atoms with Crippen molar-refractivity contribution in [1.29, 1.82) is 0 Å². The molecular formula is C16H13BClFN4. The molecule has 7 heteroatoms. The minimum absolute atomic E-state index is 0.171. The van der Waals surface area contributed by atoms with Gasteiger partial charge >= 0.3 is 0 Å². The van der Waals surface area contributed by atoms with E-state index < -0.39 is 0 Å². The van der Waals surface area contributed by atoms with Crippen molar-refractivity contribution in [2.24, 2.45) is 10.7 Å². The molecule has 2 radical (unpaired) electrons. The highest BCUT2D eigenvalue weighted by molar-refractivity contribution is 6.38. The number of benzene rings is 1. The smallest absolute Gasteiger partial charge is 0.134 e. The average molecular weight is 327 g/mol. The summed E-state index contributed by atoms with van der Waals surface area (Å²) in [6.45, 7) is 1.96. The van der Waals surface area contributed by atoms with Crippen molar-refractivity contribution in [2.45, 2.75) is 13.3 Å². The van der Waals surface area contributed by atoms with Crippen molar-refractivity contribution in [2.75, 3.05) is 0 Å². The van der Waals surface area contributed by atoms with E-state index in [1.807, 2.05) is 6.92 Å². The van der Waals surface area contributed by atoms with Crippen LogP contribution in [0.25, 0.3) is 5.52 Å². The van der Waals surface area contributed by atoms with Crippen LogP contribution in [-0.4, -0.2) is 23.3 Å². The number of aromatic nitrogens is 2. The number of nitrogens with zero attached hydrogens (tertiary/aromatic N) is 3. The number of fused-ring (bicyclic) bond motifs is 1. The lowest BCUT2D eigenvalue weighted by Crippen LogP contribution is -2.15. The topological polar surface area (TPSA) is 55.7 Å². The van der Waals surface area contributed by atoms with Crippen molar-refractivity contribution in [3.63, 3.8) is 0 Å². The molecule has 0 aliphatic heterocycles. The lowest BCUT2D eigenvalue weighted by molar-refractivity contribution is 0.627. The Kier molecular flexibility index (Phi) is 4.09. The Balaban J connectivity index is 2.11. The summed E-state index contributed by atoms with van der Waals surface area (Å²) < 4.78 is 15.0. The highest BCUT2D eigenvalue weighted by Crippen LogP contribution is 2.25. The molecule has 114 valence electrons. The normalized spacial score (nSPS) is 12.0. The molecule has 0 saturated heterocycles. The molecule has 3 rings (SSSR count). The van der Waals surface area contributed by atoms with Crippen molar-refractivity contribution >= 4 is 41.9 Å². The van der Waals surface area contributed by atoms with Crippen LogP contribution in [-0.2, 0) is 6.42 Å². The third-order valence-electron chi connectivity index (χ3n) is 3.54. The summed E-state index contributed by atoms with van der Waals surface area (Å²) in [7, 11) is 5.74. The van der Waals surface area contributed by atoms with E-state index in [1.165, 1.54) is 18.3 Å². The molecule has 0 unspecified atom stereocenters. The number of aliphatic imine (C=N–C) groups is 1. The first-order valence-corrected chi connectivity index (χ1v) is 7.42. The molecule has 4 nitrogen and oxygen atoms in total. The highest BCUT2D eigenvalue weighted by Gasteiger charge is 2.12. The fourth-order valence-electron chi connectivity index (χ4n) is 2.35. The van der Waals surface area contributed by atoms with Gasteiger partial charge in [-0.1, -0.05) is 30.1 Å². The minimum Gasteiger partial charge on any atom is -0.383 e. The van der Waals surface area contributed by atoms with Gasteiger partial charge in [-0.15, -0.1) is 0 Å². The molecule has 0 fully saturated rings. The number of hydrogen-bond acceptors (Lipinski definition) is 2. The van der Waals surface area contributed by atoms with Crippen LogP contribution >= 0.6 is 11.6 Å². The molecule has 0 saturated carbocycles. The molecule has 0 spiro atoms. The second-order valence-corrected chi connectivity index (χ2v) is 5.48. The Bertz CT molecular complexity index is 920. The quantitative estimate of drug-likeness (QED) is 0.457. The molecule has 0 amide bonds. The minimum atomic E-state index is -0.368. The van der Waals surface area contributed by atoms with E-state index >= 15 is 0 Å². The van der Waals surface area contributed by atoms with Crippen LogP contribution in [0.15, 0.2) is 41.7 Å². The SMILES string of the molecule is [B]c1cc2c(Cl)c(C(N)=Nc3cc(F)ccc3CC)cnn2c1. The van der Waals surface area contributed by atoms with Gasteiger partial charge in [-0.3, -0.25) is 0 Å². The predicted molar refractivity (Wildman–Crippen MR) is 91.8 cm³/mol. The second kappa shape index (κ2) is 6.04. The van der Waals surface area contributed by atoms with Gasteiger partial charge < -0.3 is 5.73 Å². The van der Waals surface area contributed by atoms with Crippen molar-refractivity contribution in [1.82, 2.24) is 9.61 Å². The Morgan fingerprint density at radius 2 is 2.22 bits per heavy atom. The molecular weight excluding hydrogens is 313 g/mol. The van der Waals surface area contributed by atoms with E-state index in [1.54, 1.807) is 22.8 Å². The van der Waals surface area contributed by atoms with Gasteiger partial charge in [-0.25, -0.2) is 13.9 Å². The van der Waals surface area contributed by atoms with Crippen molar-refractivity contribution in [3.05, 3.63) is 58.6 Å². The summed E-state index contributed by atoms with van der Waals surface area (Å²) in [5.74, 6) is -0.196. The monoisotopic (exact) mass is 326 g/mol. The molecule has 0 aliphatic carbocycles. The van der Waals surface area contributed by atoms with Gasteiger partial charge in [0.2, 0.25) is 0 Å². The third kappa shape index (κ3) is 2.94. The summed E-state index contributed by atoms with van der Waals surface area (Å²) in [5, 5.41) is 4.60. The summed E-state index contributed by atoms with van der Waals surface area (Å²) in [6.07, 6.45) is 3.88. The second-order valence-electron chi connectivity index (χ2n) is 5.10. The maximum absolute atomic E-state index is 13.5. The maximum Gasteiger partial charge on any atom is 0.134 e. The maximum atomic E-state index is 13.5. The van der Waals surface area contributed by atoms with E-state index in [2.05, 4.69) is 10.1 Å². The predicted octanol–water partition coefficient (Wildman–Crippen LogP) is 2.52. The van der Waals surface area contributed by atoms with Gasteiger partial charge in [-0.2, -0.15) is 5.10 Å². The molecule has 2 N–H and O–H groups in total. The Morgan fingerprint density at radius 3 is 2.96 bits per heavy atom. The summed E-state index contributed by atoms with van der Waals surface area (Å²) in [5.41, 5.74) is 9.10. The average Bonchev–Trinajstić information content (AvgIpc) is 2.89. The number of halogens is 2. The first kappa shape index (κ1) is 15.6. The fraction of sp³-hybridized carbons (Fsp3) is 0.125. The Morgan fingerprint density at radius 1 is 1.43 bits per heavy atom. The molecule has 23 heavy (non-hydrogen) atoms. The van der Waals surface area contributed by atoms with Crippen molar-refractivity contribution in [3.8, 4) is 0 Å². The van der Waals surface area contributed by atoms with Crippen LogP contribution in [0.5, 0.6) is 0 Å². The number of hydrogen-bond donors (Lipinski definition) is 1. The van der Waals surface area contributed by atoms with E-state index in [0.717, 1.165) is 5.56 Å². The van der Waals surface area contributed by atoms with E-state index in [9.17, 15) is 4.39 Å². The lowest BCUT2D eigenvalue weighted by Gasteiger charge is -2.08. The van der Waals surface area contributed by atoms with Gasteiger partial charge in [0.1, 0.15) is 19.5 Å². The fourth-order valence-corrected chi connectivity index (χ4v) is 2.64. The summed E-state index contributed by atoms with van der Waals surface area (Å²) >= 11 is 6.37. The van der Waals surface area contributed by atoms with Gasteiger partial charge in [0.05, 0.1) is 28.0 Å². The Hall–Kier alpha value is -2.34. The zero-order valence-electron chi connectivity index (χ0n) is 12.4. The van der Waals surface area contributed by atoms with Crippen LogP contribution in [0.2, 0.25) is 5.02 Å². The van der Waals surface area contributed by atoms with Crippen molar-refractivity contribution < 1.29 is 4.39 Å². The summed E-state index contributed by atoms with van der Waals surface area (Å²) in [4.78, 5) is 4.32. The van der Waals surface area contributed by atoms with Gasteiger partial charge in [0, 0.05) is 6.20 Å². The standard InChI is InChI=1S/C16H13BClFN4/c1-2-9-3-4-11(19)6-13(9)22-16(20)12-7-21-23-8-10(17)5-14(23)15(12)18/h3-8H,2H2,1H3,(H2,20,22). The van der Waals surface area contributed by atoms with E-state index in [-0.39, 0.29) is 11.7 Å². The van der Waals surface area contributed by atoms with Crippen LogP contribution in [0, 0.1) is 5.82 Å². The highest BCUT2D eigenvalue weighted by atomic mass is 35.5. The summed E-state index contributed by atoms with van der Waals surface area (Å²) in [6, 6.07) is 6.14. The van der Waals surface area contributed by atoms with Crippen LogP contribution in [0.3, 0.4) is 0 Å². The first-order valence-electron chi connectivity index (χ1n) is 7.05. The molecule has 1 aromatic carbocycles. The zero-order valence-corrected chi connectivity index (χ0v) is 13.2. The van der Waals surface area contributed by atoms with Crippen LogP contribution in [0.1, 0.15) is 18.1 Å². The number of rotatable bonds is 3. The van der Waals surface area contributed by atoms with Crippen LogP contribution < -0.4 is 11.2 Å². The van der Waals surface area contributed by atoms with Gasteiger partial charge in [0.15, 0.2) is 0 Å². The molecule has 3 aromatic rings. The molecule has 0 aliphatic rings. The molecule has 2 aromatic heterocycles. The zero-order chi connectivity index (χ0) is 16.6. The van der Waals surface area contributed by atoms with E-state index in [4.69, 9.17) is 25.2 Å².